The summed E-state index contributed by atoms with van der Waals surface area (Å²) in [5.74, 6) is 1.62. The Hall–Kier alpha value is -2.18. The van der Waals surface area contributed by atoms with Gasteiger partial charge in [-0.2, -0.15) is 0 Å². The highest BCUT2D eigenvalue weighted by Gasteiger charge is 2.35. The highest BCUT2D eigenvalue weighted by Crippen LogP contribution is 2.37. The first kappa shape index (κ1) is 20.7. The third-order valence-electron chi connectivity index (χ3n) is 7.28. The zero-order valence-corrected chi connectivity index (χ0v) is 18.8. The van der Waals surface area contributed by atoms with E-state index >= 15 is 0 Å². The van der Waals surface area contributed by atoms with Crippen LogP contribution in [0.3, 0.4) is 0 Å². The van der Waals surface area contributed by atoms with Crippen LogP contribution >= 0.6 is 0 Å². The molecule has 0 aliphatic carbocycles. The predicted octanol–water partition coefficient (Wildman–Crippen LogP) is 3.03. The van der Waals surface area contributed by atoms with E-state index in [1.54, 1.807) is 0 Å². The smallest absolute Gasteiger partial charge is 0.255 e. The molecule has 2 saturated heterocycles. The fourth-order valence-corrected chi connectivity index (χ4v) is 5.77. The molecule has 6 nitrogen and oxygen atoms in total. The molecule has 0 amide bonds. The maximum Gasteiger partial charge on any atom is 0.255 e. The van der Waals surface area contributed by atoms with Crippen LogP contribution in [0.1, 0.15) is 42.1 Å². The van der Waals surface area contributed by atoms with Crippen molar-refractivity contribution < 1.29 is 4.74 Å². The first-order valence-electron chi connectivity index (χ1n) is 11.7. The number of aryl methyl sites for hydroxylation is 1. The summed E-state index contributed by atoms with van der Waals surface area (Å²) in [7, 11) is 2.14. The number of rotatable bonds is 5. The van der Waals surface area contributed by atoms with Crippen LogP contribution in [0.2, 0.25) is 0 Å². The van der Waals surface area contributed by atoms with Crippen LogP contribution in [-0.4, -0.2) is 54.3 Å². The summed E-state index contributed by atoms with van der Waals surface area (Å²) in [5.41, 5.74) is 4.68. The van der Waals surface area contributed by atoms with Crippen LogP contribution in [0.15, 0.2) is 35.3 Å². The highest BCUT2D eigenvalue weighted by atomic mass is 16.5. The summed E-state index contributed by atoms with van der Waals surface area (Å²) in [6.45, 7) is 8.39. The molecule has 5 heterocycles. The molecule has 166 valence electrons. The van der Waals surface area contributed by atoms with E-state index in [1.165, 1.54) is 17.8 Å². The van der Waals surface area contributed by atoms with Crippen molar-refractivity contribution in [2.45, 2.75) is 45.2 Å². The number of pyridine rings is 2. The lowest BCUT2D eigenvalue weighted by Crippen LogP contribution is -2.47. The first-order valence-corrected chi connectivity index (χ1v) is 11.7. The molecule has 0 N–H and O–H groups in total. The molecular weight excluding hydrogens is 388 g/mol. The van der Waals surface area contributed by atoms with Crippen LogP contribution in [-0.2, 0) is 17.8 Å². The van der Waals surface area contributed by atoms with Crippen LogP contribution in [0.5, 0.6) is 0 Å². The molecule has 2 fully saturated rings. The molecule has 0 radical (unpaired) electrons. The second-order valence-electron chi connectivity index (χ2n) is 9.81. The average Bonchev–Trinajstić information content (AvgIpc) is 2.76. The van der Waals surface area contributed by atoms with Crippen molar-refractivity contribution in [2.75, 3.05) is 44.8 Å². The van der Waals surface area contributed by atoms with Gasteiger partial charge in [0.05, 0.1) is 0 Å². The van der Waals surface area contributed by atoms with Gasteiger partial charge in [0.1, 0.15) is 0 Å². The first-order chi connectivity index (χ1) is 15.1. The second kappa shape index (κ2) is 8.75. The minimum atomic E-state index is 0.222. The molecule has 0 saturated carbocycles. The molecule has 2 aromatic rings. The largest absolute Gasteiger partial charge is 0.381 e. The van der Waals surface area contributed by atoms with E-state index in [2.05, 4.69) is 50.7 Å². The Balaban J connectivity index is 1.31. The molecule has 6 heteroatoms. The van der Waals surface area contributed by atoms with Gasteiger partial charge in [-0.3, -0.25) is 9.78 Å². The fourth-order valence-electron chi connectivity index (χ4n) is 5.77. The minimum absolute atomic E-state index is 0.222. The van der Waals surface area contributed by atoms with Crippen molar-refractivity contribution in [3.05, 3.63) is 57.8 Å². The van der Waals surface area contributed by atoms with Gasteiger partial charge in [-0.1, -0.05) is 6.07 Å². The molecule has 3 aliphatic heterocycles. The Morgan fingerprint density at radius 3 is 2.81 bits per heavy atom. The van der Waals surface area contributed by atoms with E-state index in [0.29, 0.717) is 17.8 Å². The van der Waals surface area contributed by atoms with E-state index in [1.807, 2.05) is 13.1 Å². The van der Waals surface area contributed by atoms with Gasteiger partial charge in [0.15, 0.2) is 0 Å². The molecule has 2 atom stereocenters. The Kier molecular flexibility index (Phi) is 5.85. The molecular formula is C25H34N4O2. The standard InChI is InChI=1S/C25H34N4O2/c1-18-11-23(5-8-26-18)28-14-20-12-22(17-28)24-4-3-21(25(30)29(24)15-20)16-27(2)13-19-6-9-31-10-7-19/h3-5,8,11,19-20,22H,6-7,9-10,12-17H2,1-2H3/t20-,22+/m0/s1. The average molecular weight is 423 g/mol. The lowest BCUT2D eigenvalue weighted by molar-refractivity contribution is 0.0549. The summed E-state index contributed by atoms with van der Waals surface area (Å²) in [4.78, 5) is 22.5. The third-order valence-corrected chi connectivity index (χ3v) is 7.28. The number of hydrogen-bond donors (Lipinski definition) is 0. The monoisotopic (exact) mass is 422 g/mol. The van der Waals surface area contributed by atoms with Gasteiger partial charge in [0.25, 0.3) is 5.56 Å². The number of nitrogens with zero attached hydrogens (tertiary/aromatic N) is 4. The SMILES string of the molecule is Cc1cc(N2C[C@@H]3C[C@H](C2)c2ccc(CN(C)CC4CCOCC4)c(=O)n2C3)ccn1. The van der Waals surface area contributed by atoms with E-state index < -0.39 is 0 Å². The lowest BCUT2D eigenvalue weighted by atomic mass is 9.82. The number of ether oxygens (including phenoxy) is 1. The zero-order chi connectivity index (χ0) is 21.4. The lowest BCUT2D eigenvalue weighted by Gasteiger charge is -2.44. The van der Waals surface area contributed by atoms with Gasteiger partial charge in [0, 0.05) is 80.7 Å². The van der Waals surface area contributed by atoms with Crippen LogP contribution < -0.4 is 10.5 Å². The summed E-state index contributed by atoms with van der Waals surface area (Å²) in [6, 6.07) is 8.59. The summed E-state index contributed by atoms with van der Waals surface area (Å²) in [5, 5.41) is 0. The Morgan fingerprint density at radius 2 is 2.00 bits per heavy atom. The Bertz CT molecular complexity index is 982. The zero-order valence-electron chi connectivity index (χ0n) is 18.8. The van der Waals surface area contributed by atoms with Crippen molar-refractivity contribution in [1.82, 2.24) is 14.5 Å². The molecule has 2 aromatic heterocycles. The van der Waals surface area contributed by atoms with E-state index in [-0.39, 0.29) is 5.56 Å². The minimum Gasteiger partial charge on any atom is -0.381 e. The number of piperidine rings is 1. The molecule has 31 heavy (non-hydrogen) atoms. The van der Waals surface area contributed by atoms with Gasteiger partial charge in [0.2, 0.25) is 0 Å². The predicted molar refractivity (Wildman–Crippen MR) is 123 cm³/mol. The Labute approximate surface area is 184 Å². The van der Waals surface area contributed by atoms with Gasteiger partial charge in [-0.25, -0.2) is 0 Å². The van der Waals surface area contributed by atoms with Crippen LogP contribution in [0, 0.1) is 18.8 Å². The van der Waals surface area contributed by atoms with E-state index in [0.717, 1.165) is 70.0 Å². The molecule has 2 bridgehead atoms. The van der Waals surface area contributed by atoms with Gasteiger partial charge < -0.3 is 19.1 Å². The van der Waals surface area contributed by atoms with Crippen molar-refractivity contribution in [3.8, 4) is 0 Å². The van der Waals surface area contributed by atoms with Crippen LogP contribution in [0.25, 0.3) is 0 Å². The van der Waals surface area contributed by atoms with E-state index in [9.17, 15) is 4.79 Å². The highest BCUT2D eigenvalue weighted by molar-refractivity contribution is 5.48. The van der Waals surface area contributed by atoms with Crippen LogP contribution in [0.4, 0.5) is 5.69 Å². The van der Waals surface area contributed by atoms with Gasteiger partial charge >= 0.3 is 0 Å². The summed E-state index contributed by atoms with van der Waals surface area (Å²) in [6.07, 6.45) is 5.34. The van der Waals surface area contributed by atoms with Crippen molar-refractivity contribution >= 4 is 5.69 Å². The maximum atomic E-state index is 13.4. The summed E-state index contributed by atoms with van der Waals surface area (Å²) < 4.78 is 7.57. The van der Waals surface area contributed by atoms with Crippen molar-refractivity contribution in [3.63, 3.8) is 0 Å². The number of aromatic nitrogens is 2. The second-order valence-corrected chi connectivity index (χ2v) is 9.81. The van der Waals surface area contributed by atoms with Gasteiger partial charge in [-0.15, -0.1) is 0 Å². The third kappa shape index (κ3) is 4.41. The molecule has 0 unspecified atom stereocenters. The number of fused-ring (bicyclic) bond motifs is 4. The summed E-state index contributed by atoms with van der Waals surface area (Å²) >= 11 is 0. The number of hydrogen-bond acceptors (Lipinski definition) is 5. The van der Waals surface area contributed by atoms with E-state index in [4.69, 9.17) is 4.74 Å². The molecule has 5 rings (SSSR count). The number of anilines is 1. The van der Waals surface area contributed by atoms with Crippen molar-refractivity contribution in [1.29, 1.82) is 0 Å². The maximum absolute atomic E-state index is 13.4. The van der Waals surface area contributed by atoms with Gasteiger partial charge in [-0.05, 0) is 63.3 Å². The fraction of sp³-hybridized carbons (Fsp3) is 0.600. The topological polar surface area (TPSA) is 50.6 Å². The molecule has 3 aliphatic rings. The quantitative estimate of drug-likeness (QED) is 0.741. The molecule has 0 spiro atoms. The Morgan fingerprint density at radius 1 is 1.16 bits per heavy atom. The van der Waals surface area contributed by atoms with Crippen molar-refractivity contribution in [2.24, 2.45) is 11.8 Å². The normalized spacial score (nSPS) is 23.8. The molecule has 0 aromatic carbocycles.